The third kappa shape index (κ3) is 2.34. The maximum atomic E-state index is 13.1. The fraction of sp³-hybridized carbons (Fsp3) is 0.385. The second-order valence-electron chi connectivity index (χ2n) is 4.72. The van der Waals surface area contributed by atoms with Crippen molar-refractivity contribution in [2.75, 3.05) is 0 Å². The topological polar surface area (TPSA) is 30.7 Å². The molecule has 106 valence electrons. The van der Waals surface area contributed by atoms with E-state index in [1.54, 1.807) is 6.07 Å². The Hall–Kier alpha value is -1.37. The summed E-state index contributed by atoms with van der Waals surface area (Å²) < 4.78 is 41.1. The van der Waals surface area contributed by atoms with Crippen LogP contribution >= 0.6 is 15.9 Å². The van der Waals surface area contributed by atoms with Crippen molar-refractivity contribution in [3.05, 3.63) is 35.7 Å². The van der Waals surface area contributed by atoms with E-state index in [-0.39, 0.29) is 11.6 Å². The van der Waals surface area contributed by atoms with Crippen LogP contribution in [0.2, 0.25) is 0 Å². The summed E-state index contributed by atoms with van der Waals surface area (Å²) in [4.78, 5) is 0. The van der Waals surface area contributed by atoms with Crippen molar-refractivity contribution in [1.82, 2.24) is 14.8 Å². The van der Waals surface area contributed by atoms with Crippen molar-refractivity contribution in [3.63, 3.8) is 0 Å². The first-order valence-electron chi connectivity index (χ1n) is 6.18. The number of aromatic nitrogens is 3. The zero-order valence-corrected chi connectivity index (χ0v) is 11.9. The van der Waals surface area contributed by atoms with Crippen molar-refractivity contribution >= 4 is 15.9 Å². The largest absolute Gasteiger partial charge is 0.417 e. The summed E-state index contributed by atoms with van der Waals surface area (Å²) in [6.45, 7) is 0. The predicted molar refractivity (Wildman–Crippen MR) is 71.4 cm³/mol. The lowest BCUT2D eigenvalue weighted by atomic mass is 10.1. The SMILES string of the molecule is FC(F)(F)c1ccccc1-c1nnc(CBr)n1C1CC1. The molecule has 0 saturated heterocycles. The van der Waals surface area contributed by atoms with Gasteiger partial charge in [0.1, 0.15) is 5.82 Å². The van der Waals surface area contributed by atoms with Crippen molar-refractivity contribution in [3.8, 4) is 11.4 Å². The van der Waals surface area contributed by atoms with Crippen molar-refractivity contribution in [1.29, 1.82) is 0 Å². The number of hydrogen-bond acceptors (Lipinski definition) is 2. The molecule has 0 unspecified atom stereocenters. The average Bonchev–Trinajstić information content (AvgIpc) is 3.16. The minimum absolute atomic E-state index is 0.0894. The Balaban J connectivity index is 2.17. The lowest BCUT2D eigenvalue weighted by Crippen LogP contribution is -2.09. The van der Waals surface area contributed by atoms with E-state index in [0.717, 1.165) is 18.9 Å². The van der Waals surface area contributed by atoms with E-state index in [4.69, 9.17) is 0 Å². The molecule has 1 saturated carbocycles. The summed E-state index contributed by atoms with van der Waals surface area (Å²) in [6.07, 6.45) is -2.48. The number of alkyl halides is 4. The van der Waals surface area contributed by atoms with Crippen LogP contribution in [-0.2, 0) is 11.5 Å². The molecule has 1 fully saturated rings. The van der Waals surface area contributed by atoms with E-state index < -0.39 is 11.7 Å². The van der Waals surface area contributed by atoms with Crippen LogP contribution in [0, 0.1) is 0 Å². The molecule has 7 heteroatoms. The Morgan fingerprint density at radius 3 is 2.50 bits per heavy atom. The predicted octanol–water partition coefficient (Wildman–Crippen LogP) is 4.19. The summed E-state index contributed by atoms with van der Waals surface area (Å²) in [5, 5.41) is 8.45. The fourth-order valence-corrected chi connectivity index (χ4v) is 2.62. The zero-order chi connectivity index (χ0) is 14.3. The monoisotopic (exact) mass is 345 g/mol. The highest BCUT2D eigenvalue weighted by atomic mass is 79.9. The first kappa shape index (κ1) is 13.6. The molecule has 0 aliphatic heterocycles. The fourth-order valence-electron chi connectivity index (χ4n) is 2.24. The Morgan fingerprint density at radius 1 is 1.20 bits per heavy atom. The first-order valence-corrected chi connectivity index (χ1v) is 7.31. The van der Waals surface area contributed by atoms with Crippen LogP contribution in [0.15, 0.2) is 24.3 Å². The summed E-state index contributed by atoms with van der Waals surface area (Å²) in [5.41, 5.74) is -0.581. The van der Waals surface area contributed by atoms with E-state index in [1.165, 1.54) is 12.1 Å². The molecule has 1 aliphatic rings. The van der Waals surface area contributed by atoms with Crippen LogP contribution in [0.3, 0.4) is 0 Å². The average molecular weight is 346 g/mol. The highest BCUT2D eigenvalue weighted by Crippen LogP contribution is 2.42. The quantitative estimate of drug-likeness (QED) is 0.780. The summed E-state index contributed by atoms with van der Waals surface area (Å²) in [6, 6.07) is 5.72. The van der Waals surface area contributed by atoms with Crippen molar-refractivity contribution in [2.24, 2.45) is 0 Å². The molecule has 0 spiro atoms. The van der Waals surface area contributed by atoms with Crippen molar-refractivity contribution in [2.45, 2.75) is 30.4 Å². The molecule has 1 aliphatic carbocycles. The molecule has 1 aromatic carbocycles. The first-order chi connectivity index (χ1) is 9.52. The van der Waals surface area contributed by atoms with E-state index in [2.05, 4.69) is 26.1 Å². The molecular formula is C13H11BrF3N3. The van der Waals surface area contributed by atoms with Gasteiger partial charge < -0.3 is 4.57 Å². The van der Waals surface area contributed by atoms with Gasteiger partial charge in [0.05, 0.1) is 10.9 Å². The minimum atomic E-state index is -4.40. The van der Waals surface area contributed by atoms with Gasteiger partial charge in [0.25, 0.3) is 0 Å². The van der Waals surface area contributed by atoms with Gasteiger partial charge in [-0.3, -0.25) is 0 Å². The van der Waals surface area contributed by atoms with Gasteiger partial charge in [0.2, 0.25) is 0 Å². The Morgan fingerprint density at radius 2 is 1.90 bits per heavy atom. The molecule has 1 aromatic heterocycles. The second kappa shape index (κ2) is 4.87. The summed E-state index contributed by atoms with van der Waals surface area (Å²) >= 11 is 3.30. The number of benzene rings is 1. The van der Waals surface area contributed by atoms with Crippen LogP contribution in [0.25, 0.3) is 11.4 Å². The van der Waals surface area contributed by atoms with Gasteiger partial charge >= 0.3 is 6.18 Å². The van der Waals surface area contributed by atoms with Crippen LogP contribution in [-0.4, -0.2) is 14.8 Å². The highest BCUT2D eigenvalue weighted by Gasteiger charge is 2.36. The van der Waals surface area contributed by atoms with Gasteiger partial charge in [0.15, 0.2) is 5.82 Å². The van der Waals surface area contributed by atoms with Crippen molar-refractivity contribution < 1.29 is 13.2 Å². The van der Waals surface area contributed by atoms with E-state index in [9.17, 15) is 13.2 Å². The van der Waals surface area contributed by atoms with Crippen LogP contribution in [0.5, 0.6) is 0 Å². The maximum absolute atomic E-state index is 13.1. The number of rotatable bonds is 3. The van der Waals surface area contributed by atoms with Gasteiger partial charge in [-0.25, -0.2) is 0 Å². The Labute approximate surface area is 121 Å². The number of nitrogens with zero attached hydrogens (tertiary/aromatic N) is 3. The van der Waals surface area contributed by atoms with Crippen LogP contribution in [0.4, 0.5) is 13.2 Å². The lowest BCUT2D eigenvalue weighted by Gasteiger charge is -2.13. The van der Waals surface area contributed by atoms with E-state index >= 15 is 0 Å². The molecule has 0 amide bonds. The summed E-state index contributed by atoms with van der Waals surface area (Å²) in [7, 11) is 0. The van der Waals surface area contributed by atoms with E-state index in [1.807, 2.05) is 4.57 Å². The second-order valence-corrected chi connectivity index (χ2v) is 5.28. The molecule has 1 heterocycles. The summed E-state index contributed by atoms with van der Waals surface area (Å²) in [5.74, 6) is 0.967. The molecule has 0 bridgehead atoms. The number of hydrogen-bond donors (Lipinski definition) is 0. The molecule has 0 N–H and O–H groups in total. The Kier molecular flexibility index (Phi) is 3.32. The normalized spacial score (nSPS) is 15.6. The molecule has 0 atom stereocenters. The minimum Gasteiger partial charge on any atom is -0.307 e. The molecule has 0 radical (unpaired) electrons. The van der Waals surface area contributed by atoms with Gasteiger partial charge in [-0.1, -0.05) is 34.1 Å². The number of halogens is 4. The van der Waals surface area contributed by atoms with Crippen LogP contribution < -0.4 is 0 Å². The molecular weight excluding hydrogens is 335 g/mol. The maximum Gasteiger partial charge on any atom is 0.417 e. The van der Waals surface area contributed by atoms with Crippen LogP contribution in [0.1, 0.15) is 30.3 Å². The van der Waals surface area contributed by atoms with Gasteiger partial charge in [-0.2, -0.15) is 13.2 Å². The Bertz CT molecular complexity index is 632. The van der Waals surface area contributed by atoms with E-state index in [0.29, 0.717) is 17.0 Å². The lowest BCUT2D eigenvalue weighted by molar-refractivity contribution is -0.137. The third-order valence-corrected chi connectivity index (χ3v) is 3.77. The zero-order valence-electron chi connectivity index (χ0n) is 10.4. The smallest absolute Gasteiger partial charge is 0.307 e. The molecule has 20 heavy (non-hydrogen) atoms. The molecule has 3 nitrogen and oxygen atoms in total. The van der Waals surface area contributed by atoms with Gasteiger partial charge in [-0.15, -0.1) is 10.2 Å². The van der Waals surface area contributed by atoms with Gasteiger partial charge in [-0.05, 0) is 18.9 Å². The molecule has 3 rings (SSSR count). The standard InChI is InChI=1S/C13H11BrF3N3/c14-7-11-18-19-12(20(11)8-5-6-8)9-3-1-2-4-10(9)13(15,16)17/h1-4,8H,5-7H2. The molecule has 2 aromatic rings. The highest BCUT2D eigenvalue weighted by molar-refractivity contribution is 9.08. The van der Waals surface area contributed by atoms with Gasteiger partial charge in [0, 0.05) is 11.6 Å². The third-order valence-electron chi connectivity index (χ3n) is 3.27.